The highest BCUT2D eigenvalue weighted by Gasteiger charge is 2.35. The number of hydrogen-bond donors (Lipinski definition) is 1. The zero-order chi connectivity index (χ0) is 20.6. The van der Waals surface area contributed by atoms with Gasteiger partial charge in [-0.1, -0.05) is 38.6 Å². The van der Waals surface area contributed by atoms with E-state index in [-0.39, 0.29) is 11.5 Å². The molecule has 2 aliphatic rings. The Bertz CT molecular complexity index is 953. The fourth-order valence-electron chi connectivity index (χ4n) is 4.55. The lowest BCUT2D eigenvalue weighted by molar-refractivity contribution is 0.227. The van der Waals surface area contributed by atoms with Crippen molar-refractivity contribution in [2.45, 2.75) is 45.6 Å². The Labute approximate surface area is 175 Å². The molecule has 1 atom stereocenters. The van der Waals surface area contributed by atoms with Crippen molar-refractivity contribution in [2.24, 2.45) is 0 Å². The van der Waals surface area contributed by atoms with Crippen LogP contribution in [0.4, 0.5) is 11.4 Å². The molecule has 2 heterocycles. The molecular formula is C26H32N2O. The molecule has 0 bridgehead atoms. The highest BCUT2D eigenvalue weighted by molar-refractivity contribution is 5.72. The van der Waals surface area contributed by atoms with Crippen LogP contribution in [0.2, 0.25) is 0 Å². The van der Waals surface area contributed by atoms with Crippen LogP contribution in [0.15, 0.2) is 60.2 Å². The van der Waals surface area contributed by atoms with E-state index in [1.54, 1.807) is 0 Å². The Morgan fingerprint density at radius 3 is 2.66 bits per heavy atom. The number of benzene rings is 2. The van der Waals surface area contributed by atoms with Crippen molar-refractivity contribution in [3.8, 4) is 5.75 Å². The Balaban J connectivity index is 1.76. The van der Waals surface area contributed by atoms with E-state index in [2.05, 4.69) is 93.0 Å². The number of ether oxygens (including phenoxy) is 1. The molecule has 1 unspecified atom stereocenters. The lowest BCUT2D eigenvalue weighted by Crippen LogP contribution is -2.30. The van der Waals surface area contributed by atoms with Gasteiger partial charge in [-0.15, -0.1) is 0 Å². The molecule has 4 rings (SSSR count). The Kier molecular flexibility index (Phi) is 5.16. The molecule has 152 valence electrons. The van der Waals surface area contributed by atoms with Gasteiger partial charge in [0.1, 0.15) is 11.9 Å². The van der Waals surface area contributed by atoms with Crippen LogP contribution in [0.5, 0.6) is 5.75 Å². The number of fused-ring (bicyclic) bond motifs is 3. The maximum Gasteiger partial charge on any atom is 0.129 e. The lowest BCUT2D eigenvalue weighted by Gasteiger charge is -2.35. The normalized spacial score (nSPS) is 19.8. The molecule has 2 aromatic carbocycles. The van der Waals surface area contributed by atoms with Crippen molar-refractivity contribution in [2.75, 3.05) is 29.9 Å². The van der Waals surface area contributed by atoms with Crippen LogP contribution in [0.25, 0.3) is 6.08 Å². The van der Waals surface area contributed by atoms with Crippen molar-refractivity contribution in [3.63, 3.8) is 0 Å². The summed E-state index contributed by atoms with van der Waals surface area (Å²) in [4.78, 5) is 2.35. The van der Waals surface area contributed by atoms with Gasteiger partial charge in [-0.3, -0.25) is 0 Å². The smallest absolute Gasteiger partial charge is 0.129 e. The van der Waals surface area contributed by atoms with Gasteiger partial charge in [0.2, 0.25) is 0 Å². The van der Waals surface area contributed by atoms with E-state index in [1.807, 2.05) is 0 Å². The zero-order valence-electron chi connectivity index (χ0n) is 18.1. The van der Waals surface area contributed by atoms with E-state index in [1.165, 1.54) is 22.5 Å². The van der Waals surface area contributed by atoms with Gasteiger partial charge in [-0.05, 0) is 54.8 Å². The average Bonchev–Trinajstić information content (AvgIpc) is 2.76. The van der Waals surface area contributed by atoms with Crippen molar-refractivity contribution in [3.05, 3.63) is 71.3 Å². The number of anilines is 2. The van der Waals surface area contributed by atoms with Gasteiger partial charge in [0, 0.05) is 54.5 Å². The first-order valence-corrected chi connectivity index (χ1v) is 10.8. The van der Waals surface area contributed by atoms with Crippen molar-refractivity contribution < 1.29 is 4.74 Å². The second kappa shape index (κ2) is 7.62. The van der Waals surface area contributed by atoms with Gasteiger partial charge in [0.05, 0.1) is 0 Å². The quantitative estimate of drug-likeness (QED) is 0.695. The molecule has 0 fully saturated rings. The summed E-state index contributed by atoms with van der Waals surface area (Å²) < 4.78 is 6.57. The molecule has 1 N–H and O–H groups in total. The van der Waals surface area contributed by atoms with Crippen molar-refractivity contribution >= 4 is 17.5 Å². The van der Waals surface area contributed by atoms with E-state index < -0.39 is 0 Å². The minimum absolute atomic E-state index is 0.0167. The maximum atomic E-state index is 6.57. The molecule has 0 saturated heterocycles. The molecule has 29 heavy (non-hydrogen) atoms. The fraction of sp³-hybridized carbons (Fsp3) is 0.385. The van der Waals surface area contributed by atoms with E-state index in [0.717, 1.165) is 42.9 Å². The van der Waals surface area contributed by atoms with Crippen LogP contribution in [-0.4, -0.2) is 25.7 Å². The predicted molar refractivity (Wildman–Crippen MR) is 124 cm³/mol. The average molecular weight is 389 g/mol. The first-order valence-electron chi connectivity index (χ1n) is 10.8. The van der Waals surface area contributed by atoms with Crippen LogP contribution in [0.1, 0.15) is 45.2 Å². The first kappa shape index (κ1) is 19.6. The first-order chi connectivity index (χ1) is 14.0. The van der Waals surface area contributed by atoms with Crippen LogP contribution in [0, 0.1) is 0 Å². The van der Waals surface area contributed by atoms with E-state index in [9.17, 15) is 0 Å². The third-order valence-corrected chi connectivity index (χ3v) is 6.48. The van der Waals surface area contributed by atoms with Gasteiger partial charge in [-0.25, -0.2) is 0 Å². The molecule has 3 heteroatoms. The van der Waals surface area contributed by atoms with Gasteiger partial charge < -0.3 is 15.0 Å². The van der Waals surface area contributed by atoms with E-state index in [0.29, 0.717) is 0 Å². The Morgan fingerprint density at radius 2 is 1.90 bits per heavy atom. The molecule has 2 aliphatic heterocycles. The van der Waals surface area contributed by atoms with Crippen LogP contribution >= 0.6 is 0 Å². The second-order valence-corrected chi connectivity index (χ2v) is 8.47. The summed E-state index contributed by atoms with van der Waals surface area (Å²) in [6, 6.07) is 15.2. The summed E-state index contributed by atoms with van der Waals surface area (Å²) in [6.07, 6.45) is 3.22. The lowest BCUT2D eigenvalue weighted by atomic mass is 9.73. The molecular weight excluding hydrogens is 356 g/mol. The summed E-state index contributed by atoms with van der Waals surface area (Å²) >= 11 is 0. The second-order valence-electron chi connectivity index (χ2n) is 8.47. The SMILES string of the molecule is C=C1C2=Cc3ccc(N(CC)CC)cc3OC2CCNc2ccccc2C1(C)C. The van der Waals surface area contributed by atoms with Crippen LogP contribution < -0.4 is 15.0 Å². The highest BCUT2D eigenvalue weighted by Crippen LogP contribution is 2.44. The number of para-hydroxylation sites is 1. The van der Waals surface area contributed by atoms with E-state index in [4.69, 9.17) is 4.74 Å². The van der Waals surface area contributed by atoms with Gasteiger partial charge in [0.15, 0.2) is 0 Å². The third-order valence-electron chi connectivity index (χ3n) is 6.48. The summed E-state index contributed by atoms with van der Waals surface area (Å²) in [5.41, 5.74) is 7.02. The topological polar surface area (TPSA) is 24.5 Å². The Hall–Kier alpha value is -2.68. The number of hydrogen-bond acceptors (Lipinski definition) is 3. The predicted octanol–water partition coefficient (Wildman–Crippen LogP) is 6.03. The molecule has 0 spiro atoms. The molecule has 2 aromatic rings. The number of rotatable bonds is 3. The molecule has 3 nitrogen and oxygen atoms in total. The van der Waals surface area contributed by atoms with E-state index >= 15 is 0 Å². The molecule has 0 amide bonds. The van der Waals surface area contributed by atoms with Crippen molar-refractivity contribution in [1.82, 2.24) is 0 Å². The third kappa shape index (κ3) is 3.43. The standard InChI is InChI=1S/C26H32N2O/c1-6-28(7-2)20-13-12-19-16-21-18(3)26(4,5)22-10-8-9-11-23(22)27-15-14-24(21)29-25(19)17-20/h8-13,16-17,24,27H,3,6-7,14-15H2,1-2,4-5H3. The minimum atomic E-state index is -0.181. The highest BCUT2D eigenvalue weighted by atomic mass is 16.5. The largest absolute Gasteiger partial charge is 0.485 e. The summed E-state index contributed by atoms with van der Waals surface area (Å²) in [5.74, 6) is 0.977. The summed E-state index contributed by atoms with van der Waals surface area (Å²) in [7, 11) is 0. The van der Waals surface area contributed by atoms with Gasteiger partial charge >= 0.3 is 0 Å². The number of nitrogens with one attached hydrogen (secondary N) is 1. The van der Waals surface area contributed by atoms with Crippen LogP contribution in [-0.2, 0) is 5.41 Å². The number of nitrogens with zero attached hydrogens (tertiary/aromatic N) is 1. The monoisotopic (exact) mass is 388 g/mol. The molecule has 0 radical (unpaired) electrons. The molecule has 0 saturated carbocycles. The van der Waals surface area contributed by atoms with Crippen molar-refractivity contribution in [1.29, 1.82) is 0 Å². The molecule has 0 aromatic heterocycles. The van der Waals surface area contributed by atoms with Crippen LogP contribution in [0.3, 0.4) is 0 Å². The Morgan fingerprint density at radius 1 is 1.14 bits per heavy atom. The zero-order valence-corrected chi connectivity index (χ0v) is 18.1. The maximum absolute atomic E-state index is 6.57. The minimum Gasteiger partial charge on any atom is -0.485 e. The van der Waals surface area contributed by atoms with Gasteiger partial charge in [-0.2, -0.15) is 0 Å². The fourth-order valence-corrected chi connectivity index (χ4v) is 4.55. The summed E-state index contributed by atoms with van der Waals surface area (Å²) in [5, 5.41) is 3.63. The summed E-state index contributed by atoms with van der Waals surface area (Å²) in [6.45, 7) is 16.3. The molecule has 0 aliphatic carbocycles. The van der Waals surface area contributed by atoms with Gasteiger partial charge in [0.25, 0.3) is 0 Å².